The van der Waals surface area contributed by atoms with Crippen molar-refractivity contribution in [2.24, 2.45) is 5.92 Å². The van der Waals surface area contributed by atoms with Gasteiger partial charge in [-0.2, -0.15) is 0 Å². The lowest BCUT2D eigenvalue weighted by atomic mass is 9.85. The minimum Gasteiger partial charge on any atom is -0.354 e. The Morgan fingerprint density at radius 3 is 2.70 bits per heavy atom. The van der Waals surface area contributed by atoms with Gasteiger partial charge in [-0.05, 0) is 39.0 Å². The van der Waals surface area contributed by atoms with Crippen LogP contribution in [-0.2, 0) is 11.2 Å². The van der Waals surface area contributed by atoms with Crippen molar-refractivity contribution in [2.45, 2.75) is 64.5 Å². The Labute approximate surface area is 155 Å². The van der Waals surface area contributed by atoms with Crippen LogP contribution in [-0.4, -0.2) is 29.5 Å². The average molecular weight is 380 g/mol. The molecule has 4 nitrogen and oxygen atoms in total. The van der Waals surface area contributed by atoms with Crippen LogP contribution in [0.3, 0.4) is 0 Å². The lowest BCUT2D eigenvalue weighted by Crippen LogP contribution is -2.43. The maximum absolute atomic E-state index is 12.3. The van der Waals surface area contributed by atoms with Crippen molar-refractivity contribution in [3.8, 4) is 0 Å². The molecule has 1 aliphatic heterocycles. The third-order valence-corrected chi connectivity index (χ3v) is 5.96. The van der Waals surface area contributed by atoms with Crippen molar-refractivity contribution in [3.63, 3.8) is 0 Å². The minimum atomic E-state index is 0. The summed E-state index contributed by atoms with van der Waals surface area (Å²) in [5.41, 5.74) is 1.11. The van der Waals surface area contributed by atoms with E-state index >= 15 is 0 Å². The predicted molar refractivity (Wildman–Crippen MR) is 100 cm³/mol. The first kappa shape index (κ1) is 20.7. The quantitative estimate of drug-likeness (QED) is 0.844. The SMILES string of the molecule is Cc1nc(C)c(CCNC(=O)C2CC3CCCCC3N2)s1.Cl.Cl. The van der Waals surface area contributed by atoms with Crippen LogP contribution in [0.4, 0.5) is 0 Å². The molecule has 3 unspecified atom stereocenters. The van der Waals surface area contributed by atoms with Gasteiger partial charge < -0.3 is 10.6 Å². The summed E-state index contributed by atoms with van der Waals surface area (Å²) in [5.74, 6) is 0.907. The molecule has 1 saturated carbocycles. The van der Waals surface area contributed by atoms with Crippen molar-refractivity contribution < 1.29 is 4.79 Å². The number of nitrogens with one attached hydrogen (secondary N) is 2. The number of hydrogen-bond donors (Lipinski definition) is 2. The second kappa shape index (κ2) is 9.21. The van der Waals surface area contributed by atoms with Gasteiger partial charge >= 0.3 is 0 Å². The van der Waals surface area contributed by atoms with E-state index in [1.807, 2.05) is 13.8 Å². The molecular formula is C16H27Cl2N3OS. The minimum absolute atomic E-state index is 0. The van der Waals surface area contributed by atoms with Crippen molar-refractivity contribution in [3.05, 3.63) is 15.6 Å². The van der Waals surface area contributed by atoms with Crippen LogP contribution in [0, 0.1) is 19.8 Å². The van der Waals surface area contributed by atoms with Gasteiger partial charge in [-0.3, -0.25) is 4.79 Å². The van der Waals surface area contributed by atoms with Crippen LogP contribution in [0.5, 0.6) is 0 Å². The molecule has 7 heteroatoms. The van der Waals surface area contributed by atoms with Crippen molar-refractivity contribution in [1.82, 2.24) is 15.6 Å². The fraction of sp³-hybridized carbons (Fsp3) is 0.750. The third-order valence-electron chi connectivity index (χ3n) is 4.83. The molecule has 23 heavy (non-hydrogen) atoms. The summed E-state index contributed by atoms with van der Waals surface area (Å²) >= 11 is 1.74. The molecule has 1 aromatic heterocycles. The van der Waals surface area contributed by atoms with Gasteiger partial charge in [0.25, 0.3) is 0 Å². The van der Waals surface area contributed by atoms with Gasteiger partial charge in [0.15, 0.2) is 0 Å². The van der Waals surface area contributed by atoms with E-state index in [2.05, 4.69) is 15.6 Å². The van der Waals surface area contributed by atoms with Gasteiger partial charge in [0.2, 0.25) is 5.91 Å². The molecule has 1 saturated heterocycles. The fourth-order valence-corrected chi connectivity index (χ4v) is 4.69. The number of aryl methyl sites for hydroxylation is 2. The highest BCUT2D eigenvalue weighted by molar-refractivity contribution is 7.11. The van der Waals surface area contributed by atoms with Crippen LogP contribution in [0.15, 0.2) is 0 Å². The average Bonchev–Trinajstić information content (AvgIpc) is 3.02. The molecule has 3 atom stereocenters. The molecule has 2 fully saturated rings. The number of halogens is 2. The number of amides is 1. The molecule has 3 rings (SSSR count). The van der Waals surface area contributed by atoms with Crippen molar-refractivity contribution in [1.29, 1.82) is 0 Å². The maximum atomic E-state index is 12.3. The van der Waals surface area contributed by atoms with Gasteiger partial charge in [0.05, 0.1) is 16.7 Å². The van der Waals surface area contributed by atoms with Crippen LogP contribution in [0.2, 0.25) is 0 Å². The number of thiazole rings is 1. The highest BCUT2D eigenvalue weighted by atomic mass is 35.5. The van der Waals surface area contributed by atoms with E-state index < -0.39 is 0 Å². The Morgan fingerprint density at radius 1 is 1.30 bits per heavy atom. The molecule has 0 aromatic carbocycles. The summed E-state index contributed by atoms with van der Waals surface area (Å²) < 4.78 is 0. The number of hydrogen-bond acceptors (Lipinski definition) is 4. The normalized spacial score (nSPS) is 25.9. The van der Waals surface area contributed by atoms with Gasteiger partial charge in [-0.25, -0.2) is 4.98 Å². The second-order valence-electron chi connectivity index (χ2n) is 6.39. The Balaban J connectivity index is 0.00000132. The molecule has 0 radical (unpaired) electrons. The van der Waals surface area contributed by atoms with Crippen molar-refractivity contribution in [2.75, 3.05) is 6.54 Å². The number of carbonyl (C=O) groups excluding carboxylic acids is 1. The topological polar surface area (TPSA) is 54.0 Å². The zero-order valence-electron chi connectivity index (χ0n) is 13.8. The Morgan fingerprint density at radius 2 is 2.04 bits per heavy atom. The number of fused-ring (bicyclic) bond motifs is 1. The van der Waals surface area contributed by atoms with Gasteiger partial charge in [-0.1, -0.05) is 12.8 Å². The first-order chi connectivity index (χ1) is 10.1. The largest absolute Gasteiger partial charge is 0.354 e. The van der Waals surface area contributed by atoms with E-state index in [1.54, 1.807) is 11.3 Å². The molecule has 0 spiro atoms. The summed E-state index contributed by atoms with van der Waals surface area (Å²) in [6.07, 6.45) is 7.10. The second-order valence-corrected chi connectivity index (χ2v) is 7.68. The highest BCUT2D eigenvalue weighted by Crippen LogP contribution is 2.33. The lowest BCUT2D eigenvalue weighted by Gasteiger charge is -2.24. The zero-order chi connectivity index (χ0) is 14.8. The molecule has 2 N–H and O–H groups in total. The Hall–Kier alpha value is -0.360. The molecule has 2 heterocycles. The molecule has 0 bridgehead atoms. The summed E-state index contributed by atoms with van der Waals surface area (Å²) in [6.45, 7) is 4.79. The fourth-order valence-electron chi connectivity index (χ4n) is 3.75. The smallest absolute Gasteiger partial charge is 0.237 e. The van der Waals surface area contributed by atoms with Crippen LogP contribution < -0.4 is 10.6 Å². The molecule has 132 valence electrons. The van der Waals surface area contributed by atoms with Crippen molar-refractivity contribution >= 4 is 42.1 Å². The first-order valence-corrected chi connectivity index (χ1v) is 8.92. The summed E-state index contributed by atoms with van der Waals surface area (Å²) in [7, 11) is 0. The van der Waals surface area contributed by atoms with Crippen LogP contribution in [0.1, 0.15) is 47.7 Å². The summed E-state index contributed by atoms with van der Waals surface area (Å²) in [4.78, 5) is 18.0. The highest BCUT2D eigenvalue weighted by Gasteiger charge is 2.37. The molecular weight excluding hydrogens is 353 g/mol. The Bertz CT molecular complexity index is 509. The van der Waals surface area contributed by atoms with E-state index in [9.17, 15) is 4.79 Å². The van der Waals surface area contributed by atoms with E-state index in [-0.39, 0.29) is 36.8 Å². The number of rotatable bonds is 4. The van der Waals surface area contributed by atoms with E-state index in [4.69, 9.17) is 0 Å². The summed E-state index contributed by atoms with van der Waals surface area (Å²) in [6, 6.07) is 0.614. The molecule has 1 aliphatic carbocycles. The van der Waals surface area contributed by atoms with Gasteiger partial charge in [0.1, 0.15) is 0 Å². The van der Waals surface area contributed by atoms with E-state index in [1.165, 1.54) is 30.6 Å². The molecule has 1 aromatic rings. The van der Waals surface area contributed by atoms with Gasteiger partial charge in [-0.15, -0.1) is 36.2 Å². The van der Waals surface area contributed by atoms with E-state index in [0.29, 0.717) is 6.04 Å². The number of carbonyl (C=O) groups is 1. The maximum Gasteiger partial charge on any atom is 0.237 e. The molecule has 2 aliphatic rings. The van der Waals surface area contributed by atoms with E-state index in [0.717, 1.165) is 36.0 Å². The standard InChI is InChI=1S/C16H25N3OS.2ClH/c1-10-15(21-11(2)18-10)7-8-17-16(20)14-9-12-5-3-4-6-13(12)19-14;;/h12-14,19H,3-9H2,1-2H3,(H,17,20);2*1H. The van der Waals surface area contributed by atoms with Gasteiger partial charge in [0, 0.05) is 23.9 Å². The third kappa shape index (κ3) is 5.05. The van der Waals surface area contributed by atoms with Crippen LogP contribution >= 0.6 is 36.2 Å². The zero-order valence-corrected chi connectivity index (χ0v) is 16.2. The predicted octanol–water partition coefficient (Wildman–Crippen LogP) is 3.18. The lowest BCUT2D eigenvalue weighted by molar-refractivity contribution is -0.122. The van der Waals surface area contributed by atoms with Crippen LogP contribution in [0.25, 0.3) is 0 Å². The Kier molecular flexibility index (Phi) is 8.28. The summed E-state index contributed by atoms with van der Waals surface area (Å²) in [5, 5.41) is 7.74. The number of nitrogens with zero attached hydrogens (tertiary/aromatic N) is 1. The monoisotopic (exact) mass is 379 g/mol. The number of aromatic nitrogens is 1. The first-order valence-electron chi connectivity index (χ1n) is 8.10. The molecule has 1 amide bonds.